The van der Waals surface area contributed by atoms with Crippen molar-refractivity contribution in [3.63, 3.8) is 0 Å². The van der Waals surface area contributed by atoms with Crippen LogP contribution in [0.5, 0.6) is 0 Å². The summed E-state index contributed by atoms with van der Waals surface area (Å²) in [4.78, 5) is 4.63. The zero-order valence-corrected chi connectivity index (χ0v) is 38.8. The molecule has 0 aliphatic heterocycles. The van der Waals surface area contributed by atoms with Crippen LogP contribution < -0.4 is 9.80 Å². The van der Waals surface area contributed by atoms with Crippen molar-refractivity contribution in [1.29, 1.82) is 0 Å². The molecule has 0 saturated heterocycles. The minimum atomic E-state index is -0.745. The fourth-order valence-corrected chi connectivity index (χ4v) is 12.3. The Balaban J connectivity index is 1.04. The molecule has 330 valence electrons. The number of para-hydroxylation sites is 2. The standard InChI is InChI=1S/C68H48N2/c1-67(2)59-31-15-11-28-53(59)56-39-36-48(42-62(56)67)70(65-34-18-14-27-51(65)45-20-5-3-6-21-45)50-38-41-58-55-30-13-17-33-61(55)68(64(58)44-50)60-32-16-12-29-54(60)57-40-37-49(43-63(57)68)69(47-24-7-4-8-25-47)66-35-19-23-46-22-9-10-26-52(46)66/h3-44H,1-2H3/i3D,5D,6D,20D,21D. The topological polar surface area (TPSA) is 6.48 Å². The molecule has 0 radical (unpaired) electrons. The van der Waals surface area contributed by atoms with E-state index in [2.05, 4.69) is 224 Å². The SMILES string of the molecule is [2H]c1c([2H])c([2H])c(-c2ccccc2N(c2ccc3c(c2)C(C)(C)c2ccccc2-3)c2ccc3c(c2)C2(c4ccccc4-3)c3ccccc3-c3ccc(N(c4ccccc4)c4cccc5ccccc45)cc32)c([2H])c1[2H]. The molecule has 0 saturated carbocycles. The first-order valence-electron chi connectivity index (χ1n) is 26.6. The Morgan fingerprint density at radius 2 is 0.771 bits per heavy atom. The monoisotopic (exact) mass is 897 g/mol. The summed E-state index contributed by atoms with van der Waals surface area (Å²) in [5, 5.41) is 2.33. The van der Waals surface area contributed by atoms with Gasteiger partial charge in [0, 0.05) is 39.1 Å². The first-order chi connectivity index (χ1) is 36.6. The van der Waals surface area contributed by atoms with Gasteiger partial charge in [0.2, 0.25) is 0 Å². The molecule has 3 aliphatic carbocycles. The van der Waals surface area contributed by atoms with E-state index in [-0.39, 0.29) is 35.1 Å². The number of rotatable bonds is 7. The van der Waals surface area contributed by atoms with Gasteiger partial charge in [-0.2, -0.15) is 0 Å². The zero-order chi connectivity index (χ0) is 50.9. The molecule has 0 bridgehead atoms. The summed E-state index contributed by atoms with van der Waals surface area (Å²) in [6.45, 7) is 4.57. The Morgan fingerprint density at radius 3 is 1.41 bits per heavy atom. The van der Waals surface area contributed by atoms with Gasteiger partial charge < -0.3 is 9.80 Å². The van der Waals surface area contributed by atoms with Crippen LogP contribution >= 0.6 is 0 Å². The maximum atomic E-state index is 9.27. The van der Waals surface area contributed by atoms with E-state index in [1.165, 1.54) is 61.0 Å². The number of fused-ring (bicyclic) bond motifs is 14. The third-order valence-corrected chi connectivity index (χ3v) is 15.3. The molecule has 0 fully saturated rings. The van der Waals surface area contributed by atoms with E-state index in [1.807, 2.05) is 24.3 Å². The van der Waals surface area contributed by atoms with Gasteiger partial charge in [0.05, 0.1) is 23.6 Å². The average Bonchev–Trinajstić information content (AvgIpc) is 4.24. The Labute approximate surface area is 417 Å². The summed E-state index contributed by atoms with van der Waals surface area (Å²) >= 11 is 0. The van der Waals surface area contributed by atoms with Crippen LogP contribution in [0, 0.1) is 0 Å². The number of hydrogen-bond acceptors (Lipinski definition) is 2. The first-order valence-corrected chi connectivity index (χ1v) is 24.1. The molecule has 70 heavy (non-hydrogen) atoms. The van der Waals surface area contributed by atoms with E-state index in [9.17, 15) is 2.74 Å². The molecule has 2 heteroatoms. The van der Waals surface area contributed by atoms with Crippen LogP contribution in [-0.4, -0.2) is 0 Å². The Kier molecular flexibility index (Phi) is 7.79. The first kappa shape index (κ1) is 35.4. The lowest BCUT2D eigenvalue weighted by molar-refractivity contribution is 0.660. The fourth-order valence-electron chi connectivity index (χ4n) is 12.3. The van der Waals surface area contributed by atoms with Crippen LogP contribution in [0.15, 0.2) is 255 Å². The molecule has 0 heterocycles. The van der Waals surface area contributed by atoms with E-state index >= 15 is 0 Å². The van der Waals surface area contributed by atoms with Crippen molar-refractivity contribution in [2.45, 2.75) is 24.7 Å². The molecule has 1 spiro atoms. The third kappa shape index (κ3) is 5.74. The van der Waals surface area contributed by atoms with Gasteiger partial charge >= 0.3 is 0 Å². The van der Waals surface area contributed by atoms with Crippen LogP contribution in [0.4, 0.5) is 34.1 Å². The summed E-state index contributed by atoms with van der Waals surface area (Å²) in [7, 11) is 0. The average molecular weight is 898 g/mol. The summed E-state index contributed by atoms with van der Waals surface area (Å²) in [5.74, 6) is 0. The molecule has 14 rings (SSSR count). The second-order valence-electron chi connectivity index (χ2n) is 19.2. The molecule has 0 aromatic heterocycles. The molecule has 1 unspecified atom stereocenters. The third-order valence-electron chi connectivity index (χ3n) is 15.3. The summed E-state index contributed by atoms with van der Waals surface area (Å²) in [6, 6.07) is 78.8. The molecule has 11 aromatic rings. The molecule has 2 nitrogen and oxygen atoms in total. The number of anilines is 6. The van der Waals surface area contributed by atoms with E-state index in [0.717, 1.165) is 45.0 Å². The van der Waals surface area contributed by atoms with E-state index in [0.29, 0.717) is 11.3 Å². The zero-order valence-electron chi connectivity index (χ0n) is 43.8. The highest BCUT2D eigenvalue weighted by Crippen LogP contribution is 2.64. The molecule has 3 aliphatic rings. The maximum Gasteiger partial charge on any atom is 0.0727 e. The summed E-state index contributed by atoms with van der Waals surface area (Å²) < 4.78 is 44.6. The van der Waals surface area contributed by atoms with Gasteiger partial charge in [0.25, 0.3) is 0 Å². The summed E-state index contributed by atoms with van der Waals surface area (Å²) in [5.41, 5.74) is 19.6. The van der Waals surface area contributed by atoms with Gasteiger partial charge in [-0.25, -0.2) is 0 Å². The normalized spacial score (nSPS) is 16.2. The Morgan fingerprint density at radius 1 is 0.329 bits per heavy atom. The predicted molar refractivity (Wildman–Crippen MR) is 293 cm³/mol. The lowest BCUT2D eigenvalue weighted by Crippen LogP contribution is -2.26. The van der Waals surface area contributed by atoms with Gasteiger partial charge in [-0.3, -0.25) is 0 Å². The van der Waals surface area contributed by atoms with E-state index in [1.54, 1.807) is 0 Å². The second kappa shape index (κ2) is 15.4. The highest BCUT2D eigenvalue weighted by molar-refractivity contribution is 6.02. The van der Waals surface area contributed by atoms with Crippen molar-refractivity contribution < 1.29 is 6.85 Å². The minimum absolute atomic E-state index is 0.154. The van der Waals surface area contributed by atoms with Crippen LogP contribution in [-0.2, 0) is 10.8 Å². The van der Waals surface area contributed by atoms with Crippen molar-refractivity contribution in [2.24, 2.45) is 0 Å². The largest absolute Gasteiger partial charge is 0.310 e. The summed E-state index contributed by atoms with van der Waals surface area (Å²) in [6.07, 6.45) is 0. The Hall–Kier alpha value is -8.72. The molecule has 0 N–H and O–H groups in total. The van der Waals surface area contributed by atoms with Crippen LogP contribution in [0.25, 0.3) is 55.3 Å². The van der Waals surface area contributed by atoms with Crippen molar-refractivity contribution in [3.05, 3.63) is 288 Å². The Bertz CT molecular complexity index is 4150. The van der Waals surface area contributed by atoms with Crippen molar-refractivity contribution in [3.8, 4) is 44.5 Å². The van der Waals surface area contributed by atoms with Gasteiger partial charge in [-0.05, 0) is 138 Å². The van der Waals surface area contributed by atoms with Gasteiger partial charge in [-0.15, -0.1) is 0 Å². The minimum Gasteiger partial charge on any atom is -0.310 e. The second-order valence-corrected chi connectivity index (χ2v) is 19.2. The van der Waals surface area contributed by atoms with Crippen LogP contribution in [0.2, 0.25) is 0 Å². The quantitative estimate of drug-likeness (QED) is 0.157. The fraction of sp³-hybridized carbons (Fsp3) is 0.0588. The highest BCUT2D eigenvalue weighted by atomic mass is 15.2. The molecular formula is C68H48N2. The highest BCUT2D eigenvalue weighted by Gasteiger charge is 2.52. The smallest absolute Gasteiger partial charge is 0.0727 e. The lowest BCUT2D eigenvalue weighted by Gasteiger charge is -2.34. The molecule has 11 aromatic carbocycles. The van der Waals surface area contributed by atoms with Crippen molar-refractivity contribution in [2.75, 3.05) is 9.80 Å². The number of benzene rings is 11. The molecular weight excluding hydrogens is 845 g/mol. The van der Waals surface area contributed by atoms with Crippen LogP contribution in [0.3, 0.4) is 0 Å². The van der Waals surface area contributed by atoms with Gasteiger partial charge in [0.1, 0.15) is 0 Å². The molecule has 1 atom stereocenters. The molecule has 0 amide bonds. The lowest BCUT2D eigenvalue weighted by atomic mass is 9.70. The van der Waals surface area contributed by atoms with Crippen molar-refractivity contribution in [1.82, 2.24) is 0 Å². The van der Waals surface area contributed by atoms with Gasteiger partial charge in [0.15, 0.2) is 0 Å². The van der Waals surface area contributed by atoms with E-state index in [4.69, 9.17) is 4.11 Å². The van der Waals surface area contributed by atoms with Crippen LogP contribution in [0.1, 0.15) is 54.1 Å². The van der Waals surface area contributed by atoms with E-state index < -0.39 is 11.5 Å². The number of nitrogens with zero attached hydrogens (tertiary/aromatic N) is 2. The van der Waals surface area contributed by atoms with Gasteiger partial charge in [-0.1, -0.05) is 208 Å². The number of hydrogen-bond donors (Lipinski definition) is 0. The maximum absolute atomic E-state index is 9.27. The van der Waals surface area contributed by atoms with Crippen molar-refractivity contribution >= 4 is 44.9 Å². The predicted octanol–water partition coefficient (Wildman–Crippen LogP) is 18.1.